The van der Waals surface area contributed by atoms with Gasteiger partial charge in [0.25, 0.3) is 5.91 Å². The third-order valence-electron chi connectivity index (χ3n) is 6.39. The molecule has 1 amide bonds. The summed E-state index contributed by atoms with van der Waals surface area (Å²) >= 11 is 1.44. The molecule has 35 heavy (non-hydrogen) atoms. The Morgan fingerprint density at radius 2 is 2.06 bits per heavy atom. The normalized spacial score (nSPS) is 12.2. The number of carbonyl (C=O) groups excluding carboxylic acids is 1. The van der Waals surface area contributed by atoms with Gasteiger partial charge in [-0.3, -0.25) is 4.79 Å². The lowest BCUT2D eigenvalue weighted by Gasteiger charge is -2.21. The van der Waals surface area contributed by atoms with Gasteiger partial charge in [-0.05, 0) is 44.7 Å². The molecule has 1 unspecified atom stereocenters. The molecule has 4 aromatic rings. The van der Waals surface area contributed by atoms with E-state index in [9.17, 15) is 4.79 Å². The summed E-state index contributed by atoms with van der Waals surface area (Å²) in [4.78, 5) is 24.0. The molecule has 8 heteroatoms. The highest BCUT2D eigenvalue weighted by Gasteiger charge is 2.21. The molecule has 3 heterocycles. The zero-order valence-electron chi connectivity index (χ0n) is 21.1. The Hall–Kier alpha value is -3.13. The number of rotatable bonds is 12. The Balaban J connectivity index is 1.47. The van der Waals surface area contributed by atoms with Gasteiger partial charge in [0, 0.05) is 35.2 Å². The molecular weight excluding hydrogens is 458 g/mol. The number of H-pyrrole nitrogens is 1. The number of aromatic amines is 1. The molecule has 0 bridgehead atoms. The molecule has 3 aromatic heterocycles. The summed E-state index contributed by atoms with van der Waals surface area (Å²) < 4.78 is 5.34. The number of hydrogen-bond donors (Lipinski definition) is 2. The maximum Gasteiger partial charge on any atom is 0.263 e. The van der Waals surface area contributed by atoms with Gasteiger partial charge in [0.05, 0.1) is 18.4 Å². The van der Waals surface area contributed by atoms with Gasteiger partial charge in [-0.1, -0.05) is 61.4 Å². The largest absolute Gasteiger partial charge is 0.361 e. The predicted octanol–water partition coefficient (Wildman–Crippen LogP) is 6.18. The number of thiazole rings is 1. The van der Waals surface area contributed by atoms with Crippen LogP contribution in [0.15, 0.2) is 41.2 Å². The van der Waals surface area contributed by atoms with E-state index in [1.807, 2.05) is 19.9 Å². The number of unbranched alkanes of at least 4 members (excludes halogenated alkanes) is 1. The molecule has 0 saturated heterocycles. The van der Waals surface area contributed by atoms with Crippen LogP contribution in [0, 0.1) is 13.8 Å². The van der Waals surface area contributed by atoms with E-state index in [1.54, 1.807) is 6.20 Å². The number of fused-ring (bicyclic) bond motifs is 1. The fourth-order valence-electron chi connectivity index (χ4n) is 4.45. The van der Waals surface area contributed by atoms with E-state index in [0.29, 0.717) is 11.4 Å². The average molecular weight is 494 g/mol. The zero-order chi connectivity index (χ0) is 24.8. The standard InChI is InChI=1S/C27H35N5O2S/c1-5-7-10-21(14-20-15-28-24-12-9-8-11-22(20)24)30-26(33)25-16-29-27(35-25)32(13-6-2)17-23-18(3)31-34-19(23)4/h8-9,11-12,15-16,21,28H,5-7,10,13-14,17H2,1-4H3,(H,30,33). The molecule has 1 atom stereocenters. The van der Waals surface area contributed by atoms with Gasteiger partial charge >= 0.3 is 0 Å². The predicted molar refractivity (Wildman–Crippen MR) is 142 cm³/mol. The molecule has 0 radical (unpaired) electrons. The number of nitrogens with zero attached hydrogens (tertiary/aromatic N) is 3. The molecule has 0 aliphatic heterocycles. The number of amides is 1. The Bertz CT molecular complexity index is 1240. The Kier molecular flexibility index (Phi) is 8.23. The first-order valence-electron chi connectivity index (χ1n) is 12.5. The van der Waals surface area contributed by atoms with Crippen LogP contribution in [0.3, 0.4) is 0 Å². The van der Waals surface area contributed by atoms with Crippen LogP contribution in [-0.2, 0) is 13.0 Å². The molecule has 186 valence electrons. The summed E-state index contributed by atoms with van der Waals surface area (Å²) in [5, 5.41) is 9.44. The van der Waals surface area contributed by atoms with Crippen LogP contribution in [0.4, 0.5) is 5.13 Å². The smallest absolute Gasteiger partial charge is 0.263 e. The minimum Gasteiger partial charge on any atom is -0.361 e. The van der Waals surface area contributed by atoms with Crippen molar-refractivity contribution in [2.75, 3.05) is 11.4 Å². The number of para-hydroxylation sites is 1. The summed E-state index contributed by atoms with van der Waals surface area (Å²) in [6, 6.07) is 8.39. The van der Waals surface area contributed by atoms with E-state index in [0.717, 1.165) is 66.3 Å². The van der Waals surface area contributed by atoms with Gasteiger partial charge in [-0.25, -0.2) is 4.98 Å². The summed E-state index contributed by atoms with van der Waals surface area (Å²) in [6.45, 7) is 9.73. The van der Waals surface area contributed by atoms with Crippen molar-refractivity contribution < 1.29 is 9.32 Å². The van der Waals surface area contributed by atoms with Crippen LogP contribution in [0.25, 0.3) is 10.9 Å². The molecule has 0 fully saturated rings. The van der Waals surface area contributed by atoms with E-state index in [2.05, 4.69) is 63.6 Å². The van der Waals surface area contributed by atoms with Gasteiger partial charge in [0.1, 0.15) is 10.6 Å². The Labute approximate surface area is 210 Å². The molecule has 7 nitrogen and oxygen atoms in total. The monoisotopic (exact) mass is 493 g/mol. The minimum atomic E-state index is -0.0523. The third kappa shape index (κ3) is 5.93. The van der Waals surface area contributed by atoms with Gasteiger partial charge in [-0.15, -0.1) is 0 Å². The second-order valence-corrected chi connectivity index (χ2v) is 10.1. The van der Waals surface area contributed by atoms with Crippen LogP contribution < -0.4 is 10.2 Å². The summed E-state index contributed by atoms with van der Waals surface area (Å²) in [5.74, 6) is 0.776. The van der Waals surface area contributed by atoms with Gasteiger partial charge < -0.3 is 19.7 Å². The first-order chi connectivity index (χ1) is 17.0. The van der Waals surface area contributed by atoms with Crippen LogP contribution >= 0.6 is 11.3 Å². The van der Waals surface area contributed by atoms with E-state index in [-0.39, 0.29) is 11.9 Å². The Morgan fingerprint density at radius 3 is 2.80 bits per heavy atom. The highest BCUT2D eigenvalue weighted by atomic mass is 32.1. The molecule has 2 N–H and O–H groups in total. The second-order valence-electron chi connectivity index (χ2n) is 9.11. The van der Waals surface area contributed by atoms with Gasteiger partial charge in [-0.2, -0.15) is 0 Å². The number of aromatic nitrogens is 3. The number of aryl methyl sites for hydroxylation is 2. The average Bonchev–Trinajstić information content (AvgIpc) is 3.58. The first-order valence-corrected chi connectivity index (χ1v) is 13.3. The molecule has 0 aliphatic rings. The molecule has 0 spiro atoms. The fraction of sp³-hybridized carbons (Fsp3) is 0.444. The maximum absolute atomic E-state index is 13.2. The molecule has 0 aliphatic carbocycles. The number of benzene rings is 1. The SMILES string of the molecule is CCCCC(Cc1c[nH]c2ccccc12)NC(=O)c1cnc(N(CCC)Cc2c(C)noc2C)s1. The highest BCUT2D eigenvalue weighted by molar-refractivity contribution is 7.17. The summed E-state index contributed by atoms with van der Waals surface area (Å²) in [5.41, 5.74) is 4.34. The fourth-order valence-corrected chi connectivity index (χ4v) is 5.29. The van der Waals surface area contributed by atoms with Crippen molar-refractivity contribution >= 4 is 33.3 Å². The second kappa shape index (κ2) is 11.5. The topological polar surface area (TPSA) is 87.0 Å². The maximum atomic E-state index is 13.2. The lowest BCUT2D eigenvalue weighted by molar-refractivity contribution is 0.0938. The van der Waals surface area contributed by atoms with Crippen molar-refractivity contribution in [2.45, 2.75) is 72.4 Å². The quantitative estimate of drug-likeness (QED) is 0.246. The van der Waals surface area contributed by atoms with Crippen molar-refractivity contribution in [3.8, 4) is 0 Å². The lowest BCUT2D eigenvalue weighted by atomic mass is 10.0. The van der Waals surface area contributed by atoms with E-state index < -0.39 is 0 Å². The molecule has 0 saturated carbocycles. The van der Waals surface area contributed by atoms with Gasteiger partial charge in [0.2, 0.25) is 0 Å². The summed E-state index contributed by atoms with van der Waals surface area (Å²) in [7, 11) is 0. The number of hydrogen-bond acceptors (Lipinski definition) is 6. The van der Waals surface area contributed by atoms with Crippen molar-refractivity contribution in [1.82, 2.24) is 20.4 Å². The van der Waals surface area contributed by atoms with E-state index >= 15 is 0 Å². The van der Waals surface area contributed by atoms with E-state index in [4.69, 9.17) is 4.52 Å². The van der Waals surface area contributed by atoms with Crippen molar-refractivity contribution in [2.24, 2.45) is 0 Å². The number of anilines is 1. The third-order valence-corrected chi connectivity index (χ3v) is 7.45. The lowest BCUT2D eigenvalue weighted by Crippen LogP contribution is -2.36. The van der Waals surface area contributed by atoms with Crippen molar-refractivity contribution in [3.63, 3.8) is 0 Å². The molecular formula is C27H35N5O2S. The molecule has 1 aromatic carbocycles. The zero-order valence-corrected chi connectivity index (χ0v) is 21.9. The van der Waals surface area contributed by atoms with Crippen LogP contribution in [0.1, 0.15) is 71.8 Å². The van der Waals surface area contributed by atoms with Crippen LogP contribution in [-0.4, -0.2) is 33.6 Å². The van der Waals surface area contributed by atoms with Crippen LogP contribution in [0.5, 0.6) is 0 Å². The van der Waals surface area contributed by atoms with Gasteiger partial charge in [0.15, 0.2) is 5.13 Å². The van der Waals surface area contributed by atoms with Crippen molar-refractivity contribution in [1.29, 1.82) is 0 Å². The number of nitrogens with one attached hydrogen (secondary N) is 2. The Morgan fingerprint density at radius 1 is 1.23 bits per heavy atom. The van der Waals surface area contributed by atoms with Crippen molar-refractivity contribution in [3.05, 3.63) is 64.1 Å². The highest BCUT2D eigenvalue weighted by Crippen LogP contribution is 2.27. The number of carbonyl (C=O) groups is 1. The van der Waals surface area contributed by atoms with E-state index in [1.165, 1.54) is 22.3 Å². The molecule has 4 rings (SSSR count). The minimum absolute atomic E-state index is 0.0523. The first kappa shape index (κ1) is 25.0. The van der Waals surface area contributed by atoms with Crippen LogP contribution in [0.2, 0.25) is 0 Å². The summed E-state index contributed by atoms with van der Waals surface area (Å²) in [6.07, 6.45) is 8.67.